The van der Waals surface area contributed by atoms with E-state index < -0.39 is 65.0 Å². The number of ketones is 3. The summed E-state index contributed by atoms with van der Waals surface area (Å²) in [6.07, 6.45) is 0.0983. The lowest BCUT2D eigenvalue weighted by molar-refractivity contribution is -0.176. The Hall–Kier alpha value is -3.56. The lowest BCUT2D eigenvalue weighted by atomic mass is 9.52. The summed E-state index contributed by atoms with van der Waals surface area (Å²) < 4.78 is 5.64. The third-order valence-electron chi connectivity index (χ3n) is 8.52. The number of nitrogens with zero attached hydrogens (tertiary/aromatic N) is 1. The Bertz CT molecular complexity index is 1350. The molecule has 1 amide bonds. The zero-order valence-corrected chi connectivity index (χ0v) is 21.6. The van der Waals surface area contributed by atoms with E-state index in [1.807, 2.05) is 31.2 Å². The summed E-state index contributed by atoms with van der Waals surface area (Å²) in [7, 11) is 3.32. The van der Waals surface area contributed by atoms with Crippen molar-refractivity contribution >= 4 is 23.3 Å². The fraction of sp³-hybridized carbons (Fsp3) is 0.448. The molecule has 2 aromatic rings. The number of Topliss-reactive ketones (excluding diaryl/α,β-unsaturated/α-hetero) is 3. The predicted octanol–water partition coefficient (Wildman–Crippen LogP) is 1.75. The number of benzene rings is 2. The number of amides is 1. The van der Waals surface area contributed by atoms with Crippen LogP contribution in [0, 0.1) is 23.7 Å². The first-order valence-electron chi connectivity index (χ1n) is 12.9. The van der Waals surface area contributed by atoms with Crippen molar-refractivity contribution in [3.8, 4) is 22.6 Å². The van der Waals surface area contributed by atoms with E-state index in [9.17, 15) is 29.4 Å². The molecular formula is C29H32N2O7. The van der Waals surface area contributed by atoms with E-state index in [1.54, 1.807) is 25.1 Å². The number of rotatable bonds is 5. The summed E-state index contributed by atoms with van der Waals surface area (Å²) in [5, 5.41) is 22.5. The molecule has 2 aromatic carbocycles. The molecule has 3 aliphatic rings. The Labute approximate surface area is 220 Å². The molecule has 9 nitrogen and oxygen atoms in total. The number of ether oxygens (including phenoxy) is 1. The zero-order chi connectivity index (χ0) is 27.5. The van der Waals surface area contributed by atoms with Gasteiger partial charge >= 0.3 is 0 Å². The number of hydrogen-bond acceptors (Lipinski definition) is 8. The van der Waals surface area contributed by atoms with Crippen LogP contribution < -0.4 is 10.5 Å². The smallest absolute Gasteiger partial charge is 0.228 e. The van der Waals surface area contributed by atoms with Crippen molar-refractivity contribution in [3.63, 3.8) is 0 Å². The van der Waals surface area contributed by atoms with Gasteiger partial charge in [0.15, 0.2) is 17.3 Å². The van der Waals surface area contributed by atoms with Gasteiger partial charge in [0.1, 0.15) is 23.0 Å². The van der Waals surface area contributed by atoms with Gasteiger partial charge in [-0.15, -0.1) is 0 Å². The second-order valence-corrected chi connectivity index (χ2v) is 10.9. The van der Waals surface area contributed by atoms with Crippen molar-refractivity contribution < 1.29 is 34.1 Å². The molecule has 6 atom stereocenters. The number of aliphatic hydroxyl groups is 1. The van der Waals surface area contributed by atoms with Gasteiger partial charge in [-0.25, -0.2) is 0 Å². The molecular weight excluding hydrogens is 488 g/mol. The molecule has 0 saturated heterocycles. The van der Waals surface area contributed by atoms with Gasteiger partial charge in [0, 0.05) is 12.3 Å². The Morgan fingerprint density at radius 1 is 1.18 bits per heavy atom. The van der Waals surface area contributed by atoms with Crippen molar-refractivity contribution in [2.24, 2.45) is 29.4 Å². The number of hydrogen-bond donors (Lipinski definition) is 3. The van der Waals surface area contributed by atoms with Crippen LogP contribution in [0.1, 0.15) is 35.7 Å². The first kappa shape index (κ1) is 26.1. The Balaban J connectivity index is 1.61. The maximum atomic E-state index is 13.9. The van der Waals surface area contributed by atoms with Crippen LogP contribution in [0.15, 0.2) is 36.4 Å². The standard InChI is InChI=1S/C29H32N2O7/c1-4-38-16-7-5-6-14(10-16)17-8-9-21(32)23-18(17)11-15-12-20-24(31(2)3)25(33)19(28(30)36)13-29(20,37)27(35)22(15)26(23)34/h5-10,15,19-20,22,24,32,37H,4,11-13H2,1-3H3,(H2,30,36). The molecule has 0 aromatic heterocycles. The van der Waals surface area contributed by atoms with Crippen LogP contribution in [0.3, 0.4) is 0 Å². The molecule has 0 bridgehead atoms. The highest BCUT2D eigenvalue weighted by Gasteiger charge is 2.64. The second kappa shape index (κ2) is 9.32. The molecule has 38 heavy (non-hydrogen) atoms. The fourth-order valence-corrected chi connectivity index (χ4v) is 6.90. The average Bonchev–Trinajstić information content (AvgIpc) is 2.85. The Kier molecular flexibility index (Phi) is 6.39. The molecule has 2 saturated carbocycles. The van der Waals surface area contributed by atoms with Crippen LogP contribution in [0.4, 0.5) is 0 Å². The molecule has 2 fully saturated rings. The molecule has 9 heteroatoms. The largest absolute Gasteiger partial charge is 0.507 e. The van der Waals surface area contributed by atoms with E-state index in [0.29, 0.717) is 24.3 Å². The number of carbonyl (C=O) groups is 4. The summed E-state index contributed by atoms with van der Waals surface area (Å²) in [5.41, 5.74) is 5.67. The minimum absolute atomic E-state index is 0.0726. The van der Waals surface area contributed by atoms with Gasteiger partial charge < -0.3 is 20.7 Å². The summed E-state index contributed by atoms with van der Waals surface area (Å²) in [4.78, 5) is 54.7. The van der Waals surface area contributed by atoms with Crippen molar-refractivity contribution in [1.29, 1.82) is 0 Å². The van der Waals surface area contributed by atoms with Crippen molar-refractivity contribution in [1.82, 2.24) is 4.90 Å². The zero-order valence-electron chi connectivity index (χ0n) is 21.6. The minimum Gasteiger partial charge on any atom is -0.507 e. The van der Waals surface area contributed by atoms with Crippen molar-refractivity contribution in [2.45, 2.75) is 37.8 Å². The summed E-state index contributed by atoms with van der Waals surface area (Å²) in [6, 6.07) is 9.72. The van der Waals surface area contributed by atoms with Crippen LogP contribution in [-0.4, -0.2) is 70.7 Å². The van der Waals surface area contributed by atoms with E-state index in [4.69, 9.17) is 10.5 Å². The van der Waals surface area contributed by atoms with Gasteiger partial charge in [0.05, 0.1) is 24.1 Å². The third kappa shape index (κ3) is 3.84. The highest BCUT2D eigenvalue weighted by atomic mass is 16.5. The van der Waals surface area contributed by atoms with Crippen LogP contribution in [-0.2, 0) is 20.8 Å². The molecule has 4 N–H and O–H groups in total. The lowest BCUT2D eigenvalue weighted by Gasteiger charge is -2.53. The van der Waals surface area contributed by atoms with Gasteiger partial charge in [0.2, 0.25) is 5.91 Å². The normalized spacial score (nSPS) is 30.4. The fourth-order valence-electron chi connectivity index (χ4n) is 6.90. The van der Waals surface area contributed by atoms with E-state index >= 15 is 0 Å². The van der Waals surface area contributed by atoms with E-state index in [1.165, 1.54) is 6.07 Å². The first-order valence-corrected chi connectivity index (χ1v) is 12.9. The van der Waals surface area contributed by atoms with Gasteiger partial charge in [-0.1, -0.05) is 18.2 Å². The topological polar surface area (TPSA) is 147 Å². The average molecular weight is 521 g/mol. The quantitative estimate of drug-likeness (QED) is 0.505. The third-order valence-corrected chi connectivity index (χ3v) is 8.52. The number of fused-ring (bicyclic) bond motifs is 3. The number of phenols is 1. The van der Waals surface area contributed by atoms with Crippen molar-refractivity contribution in [3.05, 3.63) is 47.5 Å². The van der Waals surface area contributed by atoms with Crippen LogP contribution >= 0.6 is 0 Å². The maximum absolute atomic E-state index is 13.9. The second-order valence-electron chi connectivity index (χ2n) is 10.9. The number of likely N-dealkylation sites (N-methyl/N-ethyl adjacent to an activating group) is 1. The van der Waals surface area contributed by atoms with Crippen LogP contribution in [0.2, 0.25) is 0 Å². The van der Waals surface area contributed by atoms with Crippen molar-refractivity contribution in [2.75, 3.05) is 20.7 Å². The summed E-state index contributed by atoms with van der Waals surface area (Å²) >= 11 is 0. The molecule has 0 radical (unpaired) electrons. The minimum atomic E-state index is -2.06. The summed E-state index contributed by atoms with van der Waals surface area (Å²) in [6.45, 7) is 2.38. The molecule has 200 valence electrons. The molecule has 0 aliphatic heterocycles. The van der Waals surface area contributed by atoms with Crippen LogP contribution in [0.25, 0.3) is 11.1 Å². The van der Waals surface area contributed by atoms with E-state index in [0.717, 1.165) is 11.1 Å². The Morgan fingerprint density at radius 3 is 2.58 bits per heavy atom. The van der Waals surface area contributed by atoms with Gasteiger partial charge in [-0.3, -0.25) is 24.1 Å². The van der Waals surface area contributed by atoms with E-state index in [-0.39, 0.29) is 17.7 Å². The molecule has 0 spiro atoms. The Morgan fingerprint density at radius 2 is 1.92 bits per heavy atom. The maximum Gasteiger partial charge on any atom is 0.228 e. The van der Waals surface area contributed by atoms with Gasteiger partial charge in [-0.05, 0) is 74.7 Å². The number of aromatic hydroxyl groups is 1. The first-order chi connectivity index (χ1) is 18.0. The number of carbonyl (C=O) groups excluding carboxylic acids is 4. The number of phenolic OH excluding ortho intramolecular Hbond substituents is 1. The van der Waals surface area contributed by atoms with E-state index in [2.05, 4.69) is 0 Å². The molecule has 6 unspecified atom stereocenters. The molecule has 5 rings (SSSR count). The molecule has 3 aliphatic carbocycles. The van der Waals surface area contributed by atoms with Gasteiger partial charge in [-0.2, -0.15) is 0 Å². The van der Waals surface area contributed by atoms with Crippen LogP contribution in [0.5, 0.6) is 11.5 Å². The highest BCUT2D eigenvalue weighted by Crippen LogP contribution is 2.52. The SMILES string of the molecule is CCOc1cccc(-c2ccc(O)c3c2CC2CC4C(N(C)C)C(=O)C(C(N)=O)CC4(O)C(=O)C2C3=O)c1. The lowest BCUT2D eigenvalue weighted by Crippen LogP contribution is -2.69. The number of nitrogens with two attached hydrogens (primary N) is 1. The highest BCUT2D eigenvalue weighted by molar-refractivity contribution is 6.18. The number of primary amides is 1. The monoisotopic (exact) mass is 520 g/mol. The summed E-state index contributed by atoms with van der Waals surface area (Å²) in [5.74, 6) is -5.94. The predicted molar refractivity (Wildman–Crippen MR) is 138 cm³/mol. The van der Waals surface area contributed by atoms with Gasteiger partial charge in [0.25, 0.3) is 0 Å². The molecule has 0 heterocycles.